The Morgan fingerprint density at radius 1 is 1.03 bits per heavy atom. The highest BCUT2D eigenvalue weighted by molar-refractivity contribution is 6.88. The fraction of sp³-hybridized carbons (Fsp3) is 0.583. The van der Waals surface area contributed by atoms with Crippen LogP contribution in [0.3, 0.4) is 0 Å². The summed E-state index contributed by atoms with van der Waals surface area (Å²) in [4.78, 5) is 13.7. The van der Waals surface area contributed by atoms with Crippen molar-refractivity contribution in [2.45, 2.75) is 65.8 Å². The zero-order chi connectivity index (χ0) is 22.8. The highest BCUT2D eigenvalue weighted by atomic mass is 28.3. The van der Waals surface area contributed by atoms with Gasteiger partial charge in [-0.05, 0) is 37.5 Å². The number of aliphatic imine (C=N–C) groups is 2. The first kappa shape index (κ1) is 23.4. The lowest BCUT2D eigenvalue weighted by atomic mass is 10.00. The van der Waals surface area contributed by atoms with Crippen molar-refractivity contribution in [2.75, 3.05) is 20.3 Å². The summed E-state index contributed by atoms with van der Waals surface area (Å²) in [5.74, 6) is 2.59. The third-order valence-electron chi connectivity index (χ3n) is 5.56. The third-order valence-corrected chi connectivity index (χ3v) is 7.49. The van der Waals surface area contributed by atoms with Crippen molar-refractivity contribution in [3.63, 3.8) is 0 Å². The summed E-state index contributed by atoms with van der Waals surface area (Å²) in [7, 11) is 0.0714. The summed E-state index contributed by atoms with van der Waals surface area (Å²) < 4.78 is 17.7. The highest BCUT2D eigenvalue weighted by Crippen LogP contribution is 2.31. The Labute approximate surface area is 187 Å². The van der Waals surface area contributed by atoms with Gasteiger partial charge in [0.25, 0.3) is 0 Å². The maximum absolute atomic E-state index is 6.00. The molecule has 0 fully saturated rings. The van der Waals surface area contributed by atoms with Gasteiger partial charge in [-0.3, -0.25) is 0 Å². The molecule has 7 heteroatoms. The van der Waals surface area contributed by atoms with Crippen molar-refractivity contribution in [2.24, 2.45) is 15.9 Å². The molecule has 31 heavy (non-hydrogen) atoms. The molecule has 170 valence electrons. The van der Waals surface area contributed by atoms with Gasteiger partial charge < -0.3 is 19.2 Å². The van der Waals surface area contributed by atoms with Crippen molar-refractivity contribution in [1.29, 1.82) is 0 Å². The van der Waals surface area contributed by atoms with Crippen molar-refractivity contribution < 1.29 is 14.2 Å². The highest BCUT2D eigenvalue weighted by Gasteiger charge is 2.34. The van der Waals surface area contributed by atoms with Crippen molar-refractivity contribution in [3.05, 3.63) is 23.8 Å². The van der Waals surface area contributed by atoms with Gasteiger partial charge in [0.05, 0.1) is 28.4 Å². The van der Waals surface area contributed by atoms with E-state index in [2.05, 4.69) is 44.5 Å². The van der Waals surface area contributed by atoms with E-state index in [1.807, 2.05) is 26.0 Å². The summed E-state index contributed by atoms with van der Waals surface area (Å²) in [5.41, 5.74) is 2.36. The van der Waals surface area contributed by atoms with E-state index in [4.69, 9.17) is 24.2 Å². The number of aromatic amines is 1. The van der Waals surface area contributed by atoms with Crippen molar-refractivity contribution in [1.82, 2.24) is 4.98 Å². The number of benzene rings is 1. The van der Waals surface area contributed by atoms with Gasteiger partial charge >= 0.3 is 0 Å². The Kier molecular flexibility index (Phi) is 7.14. The van der Waals surface area contributed by atoms with E-state index in [1.54, 1.807) is 7.11 Å². The molecule has 0 aliphatic carbocycles. The van der Waals surface area contributed by atoms with Crippen molar-refractivity contribution >= 4 is 36.1 Å². The molecule has 1 aliphatic heterocycles. The number of ether oxygens (including phenoxy) is 3. The van der Waals surface area contributed by atoms with Crippen LogP contribution in [0.4, 0.5) is 0 Å². The molecular weight excluding hydrogens is 406 g/mol. The minimum Gasteiger partial charge on any atom is -0.496 e. The lowest BCUT2D eigenvalue weighted by Crippen LogP contribution is -2.43. The quantitative estimate of drug-likeness (QED) is 0.639. The topological polar surface area (TPSA) is 68.2 Å². The Hall–Kier alpha value is -2.28. The zero-order valence-corrected chi connectivity index (χ0v) is 21.2. The number of nitrogens with zero attached hydrogens (tertiary/aromatic N) is 2. The molecule has 1 aromatic heterocycles. The SMILES string of the molecule is CCOC1=N[C@H](Cc2c([Si](C)(C)C)[nH]c3cccc(OC)c23)C(OCC)=N[C@H]1C(C)C. The number of H-pyrrole nitrogens is 1. The molecule has 0 spiro atoms. The van der Waals surface area contributed by atoms with Crippen LogP contribution in [0.25, 0.3) is 10.9 Å². The standard InChI is InChI=1S/C24H37N3O3Si/c1-9-29-22-18(25-23(30-10-2)21(27-22)15(3)4)14-16-20-17(12-11-13-19(20)28-5)26-24(16)31(6,7)8/h11-13,15,18,21,26H,9-10,14H2,1-8H3/t18-,21+/m1/s1. The number of methoxy groups -OCH3 is 1. The van der Waals surface area contributed by atoms with Crippen LogP contribution in [-0.4, -0.2) is 57.3 Å². The van der Waals surface area contributed by atoms with Crippen LogP contribution in [0.1, 0.15) is 33.3 Å². The van der Waals surface area contributed by atoms with E-state index in [1.165, 1.54) is 10.9 Å². The van der Waals surface area contributed by atoms with E-state index < -0.39 is 8.07 Å². The smallest absolute Gasteiger partial charge is 0.210 e. The van der Waals surface area contributed by atoms with Crippen LogP contribution >= 0.6 is 0 Å². The molecule has 1 N–H and O–H groups in total. The van der Waals surface area contributed by atoms with Crippen LogP contribution in [-0.2, 0) is 15.9 Å². The molecule has 0 saturated heterocycles. The summed E-state index contributed by atoms with van der Waals surface area (Å²) in [6.45, 7) is 16.5. The molecule has 1 aromatic carbocycles. The Morgan fingerprint density at radius 2 is 1.71 bits per heavy atom. The molecule has 2 atom stereocenters. The van der Waals surface area contributed by atoms with Gasteiger partial charge in [-0.25, -0.2) is 9.98 Å². The largest absolute Gasteiger partial charge is 0.496 e. The van der Waals surface area contributed by atoms with E-state index in [0.717, 1.165) is 16.7 Å². The average molecular weight is 444 g/mol. The zero-order valence-electron chi connectivity index (χ0n) is 20.2. The number of aromatic nitrogens is 1. The van der Waals surface area contributed by atoms with Gasteiger partial charge in [0, 0.05) is 22.6 Å². The molecule has 2 heterocycles. The average Bonchev–Trinajstić information content (AvgIpc) is 3.09. The first-order valence-corrected chi connectivity index (χ1v) is 14.8. The predicted molar refractivity (Wildman–Crippen MR) is 132 cm³/mol. The lowest BCUT2D eigenvalue weighted by Gasteiger charge is -2.29. The van der Waals surface area contributed by atoms with Gasteiger partial charge in [-0.1, -0.05) is 39.6 Å². The molecule has 0 unspecified atom stereocenters. The summed E-state index contributed by atoms with van der Waals surface area (Å²) in [5, 5.41) is 2.46. The minimum absolute atomic E-state index is 0.105. The Bertz CT molecular complexity index is 972. The molecule has 0 amide bonds. The van der Waals surface area contributed by atoms with Crippen LogP contribution < -0.4 is 10.1 Å². The van der Waals surface area contributed by atoms with Gasteiger partial charge in [0.15, 0.2) is 0 Å². The number of hydrogen-bond donors (Lipinski definition) is 1. The second kappa shape index (κ2) is 9.47. The summed E-state index contributed by atoms with van der Waals surface area (Å²) >= 11 is 0. The van der Waals surface area contributed by atoms with Crippen molar-refractivity contribution in [3.8, 4) is 5.75 Å². The summed E-state index contributed by atoms with van der Waals surface area (Å²) in [6.07, 6.45) is 0.695. The monoisotopic (exact) mass is 443 g/mol. The number of nitrogens with one attached hydrogen (secondary N) is 1. The van der Waals surface area contributed by atoms with E-state index in [-0.39, 0.29) is 18.0 Å². The molecule has 1 aliphatic rings. The maximum Gasteiger partial charge on any atom is 0.210 e. The normalized spacial score (nSPS) is 19.4. The summed E-state index contributed by atoms with van der Waals surface area (Å²) in [6, 6.07) is 5.85. The van der Waals surface area contributed by atoms with E-state index in [0.29, 0.717) is 31.4 Å². The van der Waals surface area contributed by atoms with Gasteiger partial charge in [0.2, 0.25) is 11.8 Å². The van der Waals surface area contributed by atoms with E-state index >= 15 is 0 Å². The second-order valence-corrected chi connectivity index (χ2v) is 14.3. The van der Waals surface area contributed by atoms with E-state index in [9.17, 15) is 0 Å². The molecule has 0 saturated carbocycles. The van der Waals surface area contributed by atoms with Crippen LogP contribution in [0.5, 0.6) is 5.75 Å². The Balaban J connectivity index is 2.14. The fourth-order valence-corrected chi connectivity index (χ4v) is 5.81. The molecule has 2 aromatic rings. The number of rotatable bonds is 7. The van der Waals surface area contributed by atoms with Crippen LogP contribution in [0, 0.1) is 5.92 Å². The minimum atomic E-state index is -1.66. The molecule has 6 nitrogen and oxygen atoms in total. The molecule has 0 bridgehead atoms. The fourth-order valence-electron chi connectivity index (χ4n) is 4.17. The Morgan fingerprint density at radius 3 is 2.29 bits per heavy atom. The second-order valence-electron chi connectivity index (χ2n) is 9.32. The lowest BCUT2D eigenvalue weighted by molar-refractivity contribution is 0.276. The van der Waals surface area contributed by atoms with Gasteiger partial charge in [-0.2, -0.15) is 0 Å². The predicted octanol–water partition coefficient (Wildman–Crippen LogP) is 4.54. The van der Waals surface area contributed by atoms with Gasteiger partial charge in [-0.15, -0.1) is 0 Å². The molecule has 3 rings (SSSR count). The molecule has 0 radical (unpaired) electrons. The first-order chi connectivity index (χ1) is 14.7. The molecular formula is C24H37N3O3Si. The number of fused-ring (bicyclic) bond motifs is 1. The van der Waals surface area contributed by atoms with Crippen LogP contribution in [0.2, 0.25) is 19.6 Å². The first-order valence-electron chi connectivity index (χ1n) is 11.3. The van der Waals surface area contributed by atoms with Gasteiger partial charge in [0.1, 0.15) is 17.8 Å². The maximum atomic E-state index is 6.00. The third kappa shape index (κ3) is 4.81. The van der Waals surface area contributed by atoms with Crippen LogP contribution in [0.15, 0.2) is 28.2 Å². The number of hydrogen-bond acceptors (Lipinski definition) is 5.